The van der Waals surface area contributed by atoms with Gasteiger partial charge in [0.1, 0.15) is 17.5 Å². The zero-order valence-corrected chi connectivity index (χ0v) is 22.3. The molecule has 3 heterocycles. The number of rotatable bonds is 8. The Hall–Kier alpha value is -2.97. The van der Waals surface area contributed by atoms with Crippen LogP contribution in [0.2, 0.25) is 0 Å². The molecule has 1 aliphatic heterocycles. The van der Waals surface area contributed by atoms with Gasteiger partial charge in [0.05, 0.1) is 17.6 Å². The molecular formula is C28H38N4O4. The third-order valence-corrected chi connectivity index (χ3v) is 6.55. The van der Waals surface area contributed by atoms with Crippen molar-refractivity contribution in [3.63, 3.8) is 0 Å². The highest BCUT2D eigenvalue weighted by Crippen LogP contribution is 2.28. The van der Waals surface area contributed by atoms with Gasteiger partial charge in [-0.1, -0.05) is 13.0 Å². The number of aryl methyl sites for hydroxylation is 2. The van der Waals surface area contributed by atoms with Crippen molar-refractivity contribution >= 4 is 17.0 Å². The second-order valence-corrected chi connectivity index (χ2v) is 10.8. The number of aromatic nitrogens is 3. The van der Waals surface area contributed by atoms with E-state index in [2.05, 4.69) is 28.1 Å². The van der Waals surface area contributed by atoms with E-state index in [4.69, 9.17) is 14.5 Å². The summed E-state index contributed by atoms with van der Waals surface area (Å²) in [5.74, 6) is 1.04. The van der Waals surface area contributed by atoms with Gasteiger partial charge in [0.15, 0.2) is 0 Å². The first-order valence-corrected chi connectivity index (χ1v) is 12.8. The van der Waals surface area contributed by atoms with Crippen molar-refractivity contribution < 1.29 is 14.3 Å². The molecule has 2 unspecified atom stereocenters. The van der Waals surface area contributed by atoms with E-state index >= 15 is 0 Å². The summed E-state index contributed by atoms with van der Waals surface area (Å²) in [6.45, 7) is 12.3. The monoisotopic (exact) mass is 494 g/mol. The minimum Gasteiger partial charge on any atom is -0.459 e. The Morgan fingerprint density at radius 2 is 2.08 bits per heavy atom. The van der Waals surface area contributed by atoms with Gasteiger partial charge < -0.3 is 23.9 Å². The molecule has 36 heavy (non-hydrogen) atoms. The van der Waals surface area contributed by atoms with Gasteiger partial charge in [0, 0.05) is 50.0 Å². The number of carbonyl (C=O) groups is 1. The molecule has 4 rings (SSSR count). The Kier molecular flexibility index (Phi) is 7.66. The summed E-state index contributed by atoms with van der Waals surface area (Å²) >= 11 is 0. The standard InChI is InChI=1S/C28H38N4O4/c1-7-22(27(34)36-28(3,4)5)29-14-19-8-9-24-23(13-19)30-25(32(24)15-20-10-11-35-17-20)21-12-18(2)26(33)31(6)16-21/h8-9,12-13,16,20,22,29H,7,10-11,14-15,17H2,1-6H3. The summed E-state index contributed by atoms with van der Waals surface area (Å²) in [5.41, 5.74) is 4.07. The van der Waals surface area contributed by atoms with Crippen molar-refractivity contribution in [2.75, 3.05) is 13.2 Å². The zero-order chi connectivity index (χ0) is 26.0. The van der Waals surface area contributed by atoms with Crippen molar-refractivity contribution in [1.29, 1.82) is 0 Å². The number of imidazole rings is 1. The number of pyridine rings is 1. The molecule has 0 saturated carbocycles. The highest BCUT2D eigenvalue weighted by Gasteiger charge is 2.24. The van der Waals surface area contributed by atoms with Gasteiger partial charge >= 0.3 is 5.97 Å². The first-order chi connectivity index (χ1) is 17.1. The lowest BCUT2D eigenvalue weighted by Gasteiger charge is -2.24. The number of nitrogens with one attached hydrogen (secondary N) is 1. The number of nitrogens with zero attached hydrogens (tertiary/aromatic N) is 3. The molecule has 8 heteroatoms. The molecule has 1 aliphatic rings. The second kappa shape index (κ2) is 10.6. The lowest BCUT2D eigenvalue weighted by atomic mass is 10.1. The van der Waals surface area contributed by atoms with Crippen LogP contribution in [-0.2, 0) is 34.4 Å². The number of hydrogen-bond donors (Lipinski definition) is 1. The fourth-order valence-electron chi connectivity index (χ4n) is 4.68. The van der Waals surface area contributed by atoms with Gasteiger partial charge in [0.25, 0.3) is 5.56 Å². The van der Waals surface area contributed by atoms with E-state index in [9.17, 15) is 9.59 Å². The molecule has 0 amide bonds. The van der Waals surface area contributed by atoms with Gasteiger partial charge in [-0.2, -0.15) is 0 Å². The van der Waals surface area contributed by atoms with E-state index in [0.29, 0.717) is 24.4 Å². The van der Waals surface area contributed by atoms with Crippen LogP contribution in [0, 0.1) is 12.8 Å². The molecule has 194 valence electrons. The first kappa shape index (κ1) is 26.1. The summed E-state index contributed by atoms with van der Waals surface area (Å²) in [7, 11) is 1.77. The van der Waals surface area contributed by atoms with Gasteiger partial charge in [-0.15, -0.1) is 0 Å². The Bertz CT molecular complexity index is 1270. The van der Waals surface area contributed by atoms with E-state index in [1.807, 2.05) is 46.9 Å². The fourth-order valence-corrected chi connectivity index (χ4v) is 4.68. The van der Waals surface area contributed by atoms with Crippen molar-refractivity contribution in [2.24, 2.45) is 13.0 Å². The van der Waals surface area contributed by atoms with Crippen molar-refractivity contribution in [3.05, 3.63) is 51.9 Å². The van der Waals surface area contributed by atoms with E-state index in [1.54, 1.807) is 11.6 Å². The van der Waals surface area contributed by atoms with E-state index in [-0.39, 0.29) is 17.6 Å². The SMILES string of the molecule is CCC(NCc1ccc2c(c1)nc(-c1cc(C)c(=O)n(C)c1)n2CC1CCOC1)C(=O)OC(C)(C)C. The predicted molar refractivity (Wildman–Crippen MR) is 141 cm³/mol. The van der Waals surface area contributed by atoms with Crippen molar-refractivity contribution in [2.45, 2.75) is 72.2 Å². The Balaban J connectivity index is 1.65. The molecule has 1 saturated heterocycles. The Morgan fingerprint density at radius 3 is 2.72 bits per heavy atom. The van der Waals surface area contributed by atoms with Crippen LogP contribution in [-0.4, -0.2) is 44.9 Å². The summed E-state index contributed by atoms with van der Waals surface area (Å²) in [6.07, 6.45) is 3.52. The maximum absolute atomic E-state index is 12.5. The maximum atomic E-state index is 12.5. The van der Waals surface area contributed by atoms with Crippen LogP contribution >= 0.6 is 0 Å². The van der Waals surface area contributed by atoms with E-state index in [0.717, 1.165) is 54.2 Å². The smallest absolute Gasteiger partial charge is 0.323 e. The molecule has 1 aromatic carbocycles. The highest BCUT2D eigenvalue weighted by molar-refractivity contribution is 5.81. The van der Waals surface area contributed by atoms with Crippen molar-refractivity contribution in [3.8, 4) is 11.4 Å². The highest BCUT2D eigenvalue weighted by atomic mass is 16.6. The summed E-state index contributed by atoms with van der Waals surface area (Å²) in [5, 5.41) is 3.34. The molecule has 2 aromatic heterocycles. The zero-order valence-electron chi connectivity index (χ0n) is 22.3. The maximum Gasteiger partial charge on any atom is 0.323 e. The van der Waals surface area contributed by atoms with Crippen LogP contribution < -0.4 is 10.9 Å². The van der Waals surface area contributed by atoms with Gasteiger partial charge in [-0.05, 0) is 64.3 Å². The van der Waals surface area contributed by atoms with Gasteiger partial charge in [0.2, 0.25) is 0 Å². The number of hydrogen-bond acceptors (Lipinski definition) is 6. The molecule has 0 bridgehead atoms. The quantitative estimate of drug-likeness (QED) is 0.477. The lowest BCUT2D eigenvalue weighted by molar-refractivity contribution is -0.157. The number of benzene rings is 1. The van der Waals surface area contributed by atoms with Gasteiger partial charge in [-0.3, -0.25) is 9.59 Å². The molecular weight excluding hydrogens is 456 g/mol. The van der Waals surface area contributed by atoms with Crippen LogP contribution in [0.4, 0.5) is 0 Å². The van der Waals surface area contributed by atoms with Gasteiger partial charge in [-0.25, -0.2) is 4.98 Å². The number of carbonyl (C=O) groups excluding carboxylic acids is 1. The number of fused-ring (bicyclic) bond motifs is 1. The minimum absolute atomic E-state index is 0.00516. The third kappa shape index (κ3) is 5.87. The van der Waals surface area contributed by atoms with E-state index in [1.165, 1.54) is 0 Å². The molecule has 0 radical (unpaired) electrons. The third-order valence-electron chi connectivity index (χ3n) is 6.55. The molecule has 0 spiro atoms. The van der Waals surface area contributed by atoms with Crippen LogP contribution in [0.3, 0.4) is 0 Å². The summed E-state index contributed by atoms with van der Waals surface area (Å²) in [6, 6.07) is 7.80. The molecule has 1 fully saturated rings. The van der Waals surface area contributed by atoms with Crippen LogP contribution in [0.5, 0.6) is 0 Å². The normalized spacial score (nSPS) is 17.0. The number of esters is 1. The summed E-state index contributed by atoms with van der Waals surface area (Å²) < 4.78 is 15.0. The van der Waals surface area contributed by atoms with Crippen LogP contribution in [0.15, 0.2) is 35.3 Å². The minimum atomic E-state index is -0.516. The van der Waals surface area contributed by atoms with E-state index < -0.39 is 5.60 Å². The molecule has 3 aromatic rings. The fraction of sp³-hybridized carbons (Fsp3) is 0.536. The molecule has 1 N–H and O–H groups in total. The summed E-state index contributed by atoms with van der Waals surface area (Å²) in [4.78, 5) is 29.8. The molecule has 8 nitrogen and oxygen atoms in total. The predicted octanol–water partition coefficient (Wildman–Crippen LogP) is 3.96. The first-order valence-electron chi connectivity index (χ1n) is 12.8. The average Bonchev–Trinajstić information content (AvgIpc) is 3.44. The lowest BCUT2D eigenvalue weighted by Crippen LogP contribution is -2.40. The second-order valence-electron chi connectivity index (χ2n) is 10.8. The van der Waals surface area contributed by atoms with Crippen LogP contribution in [0.1, 0.15) is 51.7 Å². The number of ether oxygens (including phenoxy) is 2. The van der Waals surface area contributed by atoms with Crippen LogP contribution in [0.25, 0.3) is 22.4 Å². The Labute approximate surface area is 212 Å². The molecule has 0 aliphatic carbocycles. The Morgan fingerprint density at radius 1 is 1.31 bits per heavy atom. The molecule has 2 atom stereocenters. The topological polar surface area (TPSA) is 87.4 Å². The average molecular weight is 495 g/mol. The van der Waals surface area contributed by atoms with Crippen molar-refractivity contribution in [1.82, 2.24) is 19.4 Å². The largest absolute Gasteiger partial charge is 0.459 e.